The van der Waals surface area contributed by atoms with Crippen LogP contribution in [0.3, 0.4) is 0 Å². The van der Waals surface area contributed by atoms with Gasteiger partial charge in [0.2, 0.25) is 0 Å². The minimum absolute atomic E-state index is 0.0953. The number of hydrogen-bond donors (Lipinski definition) is 1. The lowest BCUT2D eigenvalue weighted by Crippen LogP contribution is -2.31. The fraction of sp³-hybridized carbons (Fsp3) is 0.538. The second-order valence-electron chi connectivity index (χ2n) is 4.71. The van der Waals surface area contributed by atoms with E-state index in [0.29, 0.717) is 0 Å². The van der Waals surface area contributed by atoms with Crippen molar-refractivity contribution in [3.8, 4) is 0 Å². The zero-order valence-corrected chi connectivity index (χ0v) is 9.81. The van der Waals surface area contributed by atoms with Gasteiger partial charge in [0.15, 0.2) is 0 Å². The predicted octanol–water partition coefficient (Wildman–Crippen LogP) is 3.00. The summed E-state index contributed by atoms with van der Waals surface area (Å²) in [7, 11) is 0. The average molecular weight is 209 g/mol. The van der Waals surface area contributed by atoms with Gasteiger partial charge in [0.05, 0.1) is 0 Å². The lowest BCUT2D eigenvalue weighted by Gasteiger charge is -2.25. The van der Waals surface area contributed by atoms with Crippen molar-refractivity contribution in [1.29, 1.82) is 0 Å². The van der Waals surface area contributed by atoms with Crippen LogP contribution in [0.4, 0.5) is 4.39 Å². The lowest BCUT2D eigenvalue weighted by molar-refractivity contribution is 0.337. The van der Waals surface area contributed by atoms with Gasteiger partial charge >= 0.3 is 0 Å². The minimum atomic E-state index is -0.0953. The van der Waals surface area contributed by atoms with Gasteiger partial charge in [-0.25, -0.2) is 4.39 Å². The Balaban J connectivity index is 2.64. The molecular formula is C13H20FN. The Morgan fingerprint density at radius 3 is 2.53 bits per heavy atom. The molecule has 1 N–H and O–H groups in total. The number of rotatable bonds is 5. The standard InChI is InChI=1S/C13H20FN/c1-4-15-10-13(2,3)9-11-7-5-6-8-12(11)14/h5-8,15H,4,9-10H2,1-3H3. The molecule has 0 heterocycles. The van der Waals surface area contributed by atoms with E-state index in [1.54, 1.807) is 6.07 Å². The molecule has 0 aliphatic heterocycles. The molecule has 84 valence electrons. The van der Waals surface area contributed by atoms with Crippen LogP contribution in [-0.4, -0.2) is 13.1 Å². The lowest BCUT2D eigenvalue weighted by atomic mass is 9.85. The van der Waals surface area contributed by atoms with Crippen LogP contribution < -0.4 is 5.32 Å². The molecule has 0 aliphatic rings. The quantitative estimate of drug-likeness (QED) is 0.786. The van der Waals surface area contributed by atoms with Crippen LogP contribution in [-0.2, 0) is 6.42 Å². The van der Waals surface area contributed by atoms with Crippen molar-refractivity contribution < 1.29 is 4.39 Å². The van der Waals surface area contributed by atoms with Crippen LogP contribution in [0, 0.1) is 11.2 Å². The molecule has 0 amide bonds. The molecule has 0 fully saturated rings. The molecule has 1 nitrogen and oxygen atoms in total. The van der Waals surface area contributed by atoms with E-state index in [1.807, 2.05) is 12.1 Å². The third-order valence-electron chi connectivity index (χ3n) is 2.48. The van der Waals surface area contributed by atoms with E-state index in [-0.39, 0.29) is 11.2 Å². The molecular weight excluding hydrogens is 189 g/mol. The summed E-state index contributed by atoms with van der Waals surface area (Å²) in [5.41, 5.74) is 0.901. The van der Waals surface area contributed by atoms with Crippen molar-refractivity contribution in [3.05, 3.63) is 35.6 Å². The van der Waals surface area contributed by atoms with Gasteiger partial charge in [0, 0.05) is 6.54 Å². The Kier molecular flexibility index (Phi) is 4.28. The maximum Gasteiger partial charge on any atom is 0.126 e. The molecule has 1 aromatic carbocycles. The topological polar surface area (TPSA) is 12.0 Å². The van der Waals surface area contributed by atoms with E-state index in [2.05, 4.69) is 26.1 Å². The molecule has 0 spiro atoms. The van der Waals surface area contributed by atoms with Crippen LogP contribution in [0.1, 0.15) is 26.3 Å². The summed E-state index contributed by atoms with van der Waals surface area (Å²) in [6, 6.07) is 7.01. The zero-order chi connectivity index (χ0) is 11.3. The average Bonchev–Trinajstić information content (AvgIpc) is 2.18. The van der Waals surface area contributed by atoms with E-state index in [0.717, 1.165) is 25.1 Å². The molecule has 1 aromatic rings. The van der Waals surface area contributed by atoms with E-state index >= 15 is 0 Å². The molecule has 0 atom stereocenters. The van der Waals surface area contributed by atoms with E-state index in [9.17, 15) is 4.39 Å². The van der Waals surface area contributed by atoms with Crippen molar-refractivity contribution in [1.82, 2.24) is 5.32 Å². The number of benzene rings is 1. The fourth-order valence-electron chi connectivity index (χ4n) is 1.68. The highest BCUT2D eigenvalue weighted by atomic mass is 19.1. The molecule has 0 aliphatic carbocycles. The first kappa shape index (κ1) is 12.2. The van der Waals surface area contributed by atoms with Crippen LogP contribution >= 0.6 is 0 Å². The monoisotopic (exact) mass is 209 g/mol. The van der Waals surface area contributed by atoms with Crippen molar-refractivity contribution in [2.24, 2.45) is 5.41 Å². The second-order valence-corrected chi connectivity index (χ2v) is 4.71. The number of nitrogens with one attached hydrogen (secondary N) is 1. The Morgan fingerprint density at radius 1 is 1.27 bits per heavy atom. The summed E-state index contributed by atoms with van der Waals surface area (Å²) in [6.45, 7) is 8.27. The number of hydrogen-bond acceptors (Lipinski definition) is 1. The summed E-state index contributed by atoms with van der Waals surface area (Å²) in [4.78, 5) is 0. The maximum absolute atomic E-state index is 13.4. The van der Waals surface area contributed by atoms with Gasteiger partial charge in [-0.15, -0.1) is 0 Å². The Bertz CT molecular complexity index is 307. The predicted molar refractivity (Wildman–Crippen MR) is 62.4 cm³/mol. The highest BCUT2D eigenvalue weighted by Crippen LogP contribution is 2.22. The van der Waals surface area contributed by atoms with Gasteiger partial charge in [-0.05, 0) is 30.0 Å². The van der Waals surface area contributed by atoms with Crippen molar-refractivity contribution in [2.75, 3.05) is 13.1 Å². The molecule has 0 unspecified atom stereocenters. The fourth-order valence-corrected chi connectivity index (χ4v) is 1.68. The van der Waals surface area contributed by atoms with Crippen LogP contribution in [0.25, 0.3) is 0 Å². The SMILES string of the molecule is CCNCC(C)(C)Cc1ccccc1F. The third-order valence-corrected chi connectivity index (χ3v) is 2.48. The first-order chi connectivity index (χ1) is 7.05. The molecule has 0 saturated heterocycles. The highest BCUT2D eigenvalue weighted by molar-refractivity contribution is 5.18. The Labute approximate surface area is 91.7 Å². The van der Waals surface area contributed by atoms with Gasteiger partial charge in [-0.2, -0.15) is 0 Å². The molecule has 0 aromatic heterocycles. The molecule has 0 radical (unpaired) electrons. The summed E-state index contributed by atoms with van der Waals surface area (Å²) in [5.74, 6) is -0.0953. The second kappa shape index (κ2) is 5.26. The normalized spacial score (nSPS) is 11.7. The van der Waals surface area contributed by atoms with Gasteiger partial charge in [0.25, 0.3) is 0 Å². The van der Waals surface area contributed by atoms with Gasteiger partial charge in [0.1, 0.15) is 5.82 Å². The zero-order valence-electron chi connectivity index (χ0n) is 9.81. The third kappa shape index (κ3) is 4.00. The highest BCUT2D eigenvalue weighted by Gasteiger charge is 2.19. The van der Waals surface area contributed by atoms with Crippen LogP contribution in [0.15, 0.2) is 24.3 Å². The molecule has 2 heteroatoms. The summed E-state index contributed by atoms with van der Waals surface area (Å²) in [5, 5.41) is 3.31. The van der Waals surface area contributed by atoms with Gasteiger partial charge in [-0.1, -0.05) is 39.0 Å². The van der Waals surface area contributed by atoms with Crippen LogP contribution in [0.2, 0.25) is 0 Å². The summed E-state index contributed by atoms with van der Waals surface area (Å²) in [6.07, 6.45) is 0.771. The summed E-state index contributed by atoms with van der Waals surface area (Å²) >= 11 is 0. The first-order valence-corrected chi connectivity index (χ1v) is 5.49. The largest absolute Gasteiger partial charge is 0.316 e. The van der Waals surface area contributed by atoms with Crippen molar-refractivity contribution >= 4 is 0 Å². The van der Waals surface area contributed by atoms with E-state index < -0.39 is 0 Å². The van der Waals surface area contributed by atoms with E-state index in [4.69, 9.17) is 0 Å². The smallest absolute Gasteiger partial charge is 0.126 e. The molecule has 0 saturated carbocycles. The van der Waals surface area contributed by atoms with E-state index in [1.165, 1.54) is 6.07 Å². The molecule has 1 rings (SSSR count). The minimum Gasteiger partial charge on any atom is -0.316 e. The van der Waals surface area contributed by atoms with Crippen molar-refractivity contribution in [2.45, 2.75) is 27.2 Å². The Morgan fingerprint density at radius 2 is 1.93 bits per heavy atom. The first-order valence-electron chi connectivity index (χ1n) is 5.49. The van der Waals surface area contributed by atoms with Gasteiger partial charge in [-0.3, -0.25) is 0 Å². The number of halogens is 1. The van der Waals surface area contributed by atoms with Gasteiger partial charge < -0.3 is 5.32 Å². The van der Waals surface area contributed by atoms with Crippen molar-refractivity contribution in [3.63, 3.8) is 0 Å². The molecule has 15 heavy (non-hydrogen) atoms. The van der Waals surface area contributed by atoms with Crippen LogP contribution in [0.5, 0.6) is 0 Å². The summed E-state index contributed by atoms with van der Waals surface area (Å²) < 4.78 is 13.4. The Hall–Kier alpha value is -0.890. The maximum atomic E-state index is 13.4. The molecule has 0 bridgehead atoms.